The Morgan fingerprint density at radius 2 is 1.44 bits per heavy atom. The minimum atomic E-state index is -4.42. The molecule has 90 valence electrons. The van der Waals surface area contributed by atoms with Crippen molar-refractivity contribution in [1.82, 2.24) is 0 Å². The molecule has 4 heteroatoms. The smallest absolute Gasteiger partial charge is 0.243 e. The van der Waals surface area contributed by atoms with E-state index in [2.05, 4.69) is 0 Å². The lowest BCUT2D eigenvalue weighted by atomic mass is 9.96. The van der Waals surface area contributed by atoms with Crippen molar-refractivity contribution >= 4 is 0 Å². The minimum absolute atomic E-state index is 0.0557. The van der Waals surface area contributed by atoms with Gasteiger partial charge in [0, 0.05) is 0 Å². The molecular formula is C12H14F4. The van der Waals surface area contributed by atoms with Crippen molar-refractivity contribution in [1.29, 1.82) is 0 Å². The van der Waals surface area contributed by atoms with Crippen LogP contribution in [0.1, 0.15) is 49.6 Å². The number of hydrogen-bond donors (Lipinski definition) is 0. The first-order chi connectivity index (χ1) is 7.21. The van der Waals surface area contributed by atoms with Gasteiger partial charge in [0.15, 0.2) is 0 Å². The van der Waals surface area contributed by atoms with Crippen molar-refractivity contribution in [2.45, 2.75) is 39.0 Å². The molecule has 0 bridgehead atoms. The summed E-state index contributed by atoms with van der Waals surface area (Å²) < 4.78 is 50.7. The van der Waals surface area contributed by atoms with Crippen LogP contribution >= 0.6 is 0 Å². The van der Waals surface area contributed by atoms with Crippen molar-refractivity contribution in [3.8, 4) is 0 Å². The van der Waals surface area contributed by atoms with Gasteiger partial charge in [-0.1, -0.05) is 19.9 Å². The maximum Gasteiger partial charge on any atom is 0.416 e. The standard InChI is InChI=1S/C12H14F4/c1-7(2)9-4-10(8(3)13)6-11(5-9)12(14,15)16/h4-8H,1-3H3. The van der Waals surface area contributed by atoms with Crippen LogP contribution in [0, 0.1) is 0 Å². The fourth-order valence-electron chi connectivity index (χ4n) is 1.40. The summed E-state index contributed by atoms with van der Waals surface area (Å²) in [4.78, 5) is 0. The van der Waals surface area contributed by atoms with E-state index in [1.807, 2.05) is 0 Å². The van der Waals surface area contributed by atoms with Crippen LogP contribution in [0.4, 0.5) is 17.6 Å². The average Bonchev–Trinajstić information content (AvgIpc) is 2.15. The van der Waals surface area contributed by atoms with E-state index < -0.39 is 17.9 Å². The van der Waals surface area contributed by atoms with Crippen molar-refractivity contribution in [3.63, 3.8) is 0 Å². The van der Waals surface area contributed by atoms with E-state index in [0.717, 1.165) is 12.1 Å². The molecule has 0 aromatic heterocycles. The molecule has 1 aromatic rings. The maximum atomic E-state index is 13.1. The maximum absolute atomic E-state index is 13.1. The number of rotatable bonds is 2. The molecule has 1 rings (SSSR count). The lowest BCUT2D eigenvalue weighted by molar-refractivity contribution is -0.137. The number of hydrogen-bond acceptors (Lipinski definition) is 0. The van der Waals surface area contributed by atoms with Crippen molar-refractivity contribution < 1.29 is 17.6 Å². The van der Waals surface area contributed by atoms with E-state index in [1.165, 1.54) is 13.0 Å². The molecule has 0 fully saturated rings. The second kappa shape index (κ2) is 4.44. The molecule has 0 aliphatic rings. The summed E-state index contributed by atoms with van der Waals surface area (Å²) in [6, 6.07) is 3.44. The van der Waals surface area contributed by atoms with Gasteiger partial charge in [0.1, 0.15) is 6.17 Å². The second-order valence-electron chi connectivity index (χ2n) is 4.16. The first-order valence-electron chi connectivity index (χ1n) is 5.08. The zero-order valence-corrected chi connectivity index (χ0v) is 9.40. The molecule has 0 saturated carbocycles. The Labute approximate surface area is 92.3 Å². The molecule has 0 nitrogen and oxygen atoms in total. The molecule has 0 radical (unpaired) electrons. The number of benzene rings is 1. The van der Waals surface area contributed by atoms with Crippen LogP contribution in [0.25, 0.3) is 0 Å². The minimum Gasteiger partial charge on any atom is -0.243 e. The van der Waals surface area contributed by atoms with Crippen molar-refractivity contribution in [2.75, 3.05) is 0 Å². The summed E-state index contributed by atoms with van der Waals surface area (Å²) in [6.07, 6.45) is -5.81. The molecule has 1 aromatic carbocycles. The van der Waals surface area contributed by atoms with Crippen LogP contribution in [0.5, 0.6) is 0 Å². The van der Waals surface area contributed by atoms with Gasteiger partial charge in [0.2, 0.25) is 0 Å². The van der Waals surface area contributed by atoms with Crippen molar-refractivity contribution in [2.24, 2.45) is 0 Å². The monoisotopic (exact) mass is 234 g/mol. The molecule has 0 saturated heterocycles. The highest BCUT2D eigenvalue weighted by Crippen LogP contribution is 2.34. The van der Waals surface area contributed by atoms with E-state index in [4.69, 9.17) is 0 Å². The van der Waals surface area contributed by atoms with Crippen LogP contribution < -0.4 is 0 Å². The summed E-state index contributed by atoms with van der Waals surface area (Å²) >= 11 is 0. The Morgan fingerprint density at radius 1 is 0.938 bits per heavy atom. The van der Waals surface area contributed by atoms with E-state index in [1.54, 1.807) is 13.8 Å². The Balaban J connectivity index is 3.30. The van der Waals surface area contributed by atoms with Gasteiger partial charge in [-0.3, -0.25) is 0 Å². The predicted octanol–water partition coefficient (Wildman–Crippen LogP) is 4.86. The summed E-state index contributed by atoms with van der Waals surface area (Å²) in [5, 5.41) is 0. The molecule has 0 heterocycles. The fourth-order valence-corrected chi connectivity index (χ4v) is 1.40. The first-order valence-corrected chi connectivity index (χ1v) is 5.08. The van der Waals surface area contributed by atoms with E-state index in [0.29, 0.717) is 5.56 Å². The van der Waals surface area contributed by atoms with Gasteiger partial charge in [0.05, 0.1) is 5.56 Å². The molecule has 0 aliphatic heterocycles. The molecule has 0 N–H and O–H groups in total. The van der Waals surface area contributed by atoms with Crippen LogP contribution in [0.15, 0.2) is 18.2 Å². The highest BCUT2D eigenvalue weighted by atomic mass is 19.4. The quantitative estimate of drug-likeness (QED) is 0.641. The molecular weight excluding hydrogens is 220 g/mol. The molecule has 1 atom stereocenters. The fraction of sp³-hybridized carbons (Fsp3) is 0.500. The van der Waals surface area contributed by atoms with E-state index >= 15 is 0 Å². The SMILES string of the molecule is CC(C)c1cc(C(C)F)cc(C(F)(F)F)c1. The van der Waals surface area contributed by atoms with Gasteiger partial charge in [-0.15, -0.1) is 0 Å². The summed E-state index contributed by atoms with van der Waals surface area (Å²) in [7, 11) is 0. The van der Waals surface area contributed by atoms with Crippen LogP contribution in [-0.2, 0) is 6.18 Å². The number of alkyl halides is 4. The molecule has 0 amide bonds. The third-order valence-electron chi connectivity index (χ3n) is 2.43. The van der Waals surface area contributed by atoms with Gasteiger partial charge >= 0.3 is 6.18 Å². The molecule has 16 heavy (non-hydrogen) atoms. The normalized spacial score (nSPS) is 14.2. The lowest BCUT2D eigenvalue weighted by Crippen LogP contribution is -2.07. The van der Waals surface area contributed by atoms with Gasteiger partial charge in [0.25, 0.3) is 0 Å². The third-order valence-corrected chi connectivity index (χ3v) is 2.43. The van der Waals surface area contributed by atoms with Gasteiger partial charge in [-0.2, -0.15) is 13.2 Å². The van der Waals surface area contributed by atoms with Crippen molar-refractivity contribution in [3.05, 3.63) is 34.9 Å². The first kappa shape index (κ1) is 13.0. The zero-order chi connectivity index (χ0) is 12.5. The molecule has 0 spiro atoms. The van der Waals surface area contributed by atoms with Crippen LogP contribution in [0.3, 0.4) is 0 Å². The highest BCUT2D eigenvalue weighted by Gasteiger charge is 2.31. The highest BCUT2D eigenvalue weighted by molar-refractivity contribution is 5.34. The molecule has 0 aliphatic carbocycles. The number of halogens is 4. The van der Waals surface area contributed by atoms with Crippen LogP contribution in [-0.4, -0.2) is 0 Å². The summed E-state index contributed by atoms with van der Waals surface area (Å²) in [6.45, 7) is 4.80. The van der Waals surface area contributed by atoms with E-state index in [9.17, 15) is 17.6 Å². The Bertz CT molecular complexity index is 338. The van der Waals surface area contributed by atoms with Gasteiger partial charge < -0.3 is 0 Å². The molecule has 1 unspecified atom stereocenters. The Kier molecular flexibility index (Phi) is 3.61. The summed E-state index contributed by atoms with van der Waals surface area (Å²) in [5.41, 5.74) is -0.189. The largest absolute Gasteiger partial charge is 0.416 e. The summed E-state index contributed by atoms with van der Waals surface area (Å²) in [5.74, 6) is -0.0557. The van der Waals surface area contributed by atoms with Gasteiger partial charge in [-0.05, 0) is 36.1 Å². The lowest BCUT2D eigenvalue weighted by Gasteiger charge is -2.14. The third kappa shape index (κ3) is 2.97. The second-order valence-corrected chi connectivity index (χ2v) is 4.16. The Hall–Kier alpha value is -1.06. The topological polar surface area (TPSA) is 0 Å². The van der Waals surface area contributed by atoms with Gasteiger partial charge in [-0.25, -0.2) is 4.39 Å². The predicted molar refractivity (Wildman–Crippen MR) is 55.1 cm³/mol. The Morgan fingerprint density at radius 3 is 1.81 bits per heavy atom. The van der Waals surface area contributed by atoms with E-state index in [-0.39, 0.29) is 11.5 Å². The zero-order valence-electron chi connectivity index (χ0n) is 9.40. The average molecular weight is 234 g/mol. The van der Waals surface area contributed by atoms with Crippen LogP contribution in [0.2, 0.25) is 0 Å².